The Kier molecular flexibility index (Phi) is 5.43. The second kappa shape index (κ2) is 7.09. The van der Waals surface area contributed by atoms with Gasteiger partial charge in [-0.1, -0.05) is 15.9 Å². The molecule has 0 saturated heterocycles. The molecule has 0 spiro atoms. The second-order valence-corrected chi connectivity index (χ2v) is 6.24. The molecule has 0 radical (unpaired) electrons. The van der Waals surface area contributed by atoms with Gasteiger partial charge in [0.15, 0.2) is 0 Å². The Morgan fingerprint density at radius 3 is 2.75 bits per heavy atom. The maximum Gasteiger partial charge on any atom is 0.143 e. The number of thioether (sulfide) groups is 1. The summed E-state index contributed by atoms with van der Waals surface area (Å²) in [5.41, 5.74) is 2.13. The number of halogens is 1. The Morgan fingerprint density at radius 1 is 1.30 bits per heavy atom. The first kappa shape index (κ1) is 15.3. The molecule has 0 atom stereocenters. The van der Waals surface area contributed by atoms with Crippen LogP contribution in [0.3, 0.4) is 0 Å². The van der Waals surface area contributed by atoms with Gasteiger partial charge in [-0.05, 0) is 43.0 Å². The van der Waals surface area contributed by atoms with Crippen LogP contribution in [0.2, 0.25) is 0 Å². The van der Waals surface area contributed by atoms with Gasteiger partial charge in [0.25, 0.3) is 0 Å². The van der Waals surface area contributed by atoms with E-state index in [1.807, 2.05) is 18.2 Å². The number of hydrogen-bond acceptors (Lipinski definition) is 4. The minimum atomic E-state index is 0.646. The molecule has 0 aliphatic rings. The van der Waals surface area contributed by atoms with Gasteiger partial charge >= 0.3 is 0 Å². The van der Waals surface area contributed by atoms with Crippen molar-refractivity contribution < 1.29 is 9.15 Å². The molecule has 0 unspecified atom stereocenters. The normalized spacial score (nSPS) is 10.6. The molecular weight excluding hydrogens is 338 g/mol. The molecule has 1 N–H and O–H groups in total. The lowest BCUT2D eigenvalue weighted by Gasteiger charge is -2.13. The molecule has 0 aliphatic heterocycles. The first-order chi connectivity index (χ1) is 9.63. The molecule has 2 aromatic rings. The van der Waals surface area contributed by atoms with Gasteiger partial charge in [-0.15, -0.1) is 0 Å². The molecule has 1 heterocycles. The smallest absolute Gasteiger partial charge is 0.143 e. The highest BCUT2D eigenvalue weighted by Gasteiger charge is 2.09. The van der Waals surface area contributed by atoms with Gasteiger partial charge < -0.3 is 14.5 Å². The van der Waals surface area contributed by atoms with E-state index in [9.17, 15) is 0 Å². The van der Waals surface area contributed by atoms with E-state index in [2.05, 4.69) is 40.5 Å². The van der Waals surface area contributed by atoms with Crippen molar-refractivity contribution in [2.75, 3.05) is 18.7 Å². The summed E-state index contributed by atoms with van der Waals surface area (Å²) >= 11 is 5.23. The zero-order valence-electron chi connectivity index (χ0n) is 11.8. The monoisotopic (exact) mass is 355 g/mol. The minimum absolute atomic E-state index is 0.646. The van der Waals surface area contributed by atoms with Gasteiger partial charge in [0.05, 0.1) is 25.1 Å². The largest absolute Gasteiger partial charge is 0.495 e. The SMILES string of the molecule is COc1cc(Br)cc(C)c1NCc1ccc(CSC)o1. The highest BCUT2D eigenvalue weighted by atomic mass is 79.9. The van der Waals surface area contributed by atoms with Crippen LogP contribution in [0.4, 0.5) is 5.69 Å². The summed E-state index contributed by atoms with van der Waals surface area (Å²) in [5, 5.41) is 3.39. The Balaban J connectivity index is 2.10. The fourth-order valence-corrected chi connectivity index (χ4v) is 3.00. The zero-order chi connectivity index (χ0) is 14.5. The van der Waals surface area contributed by atoms with Crippen LogP contribution in [0.5, 0.6) is 5.75 Å². The summed E-state index contributed by atoms with van der Waals surface area (Å²) in [7, 11) is 1.68. The molecule has 1 aromatic carbocycles. The fraction of sp³-hybridized carbons (Fsp3) is 0.333. The topological polar surface area (TPSA) is 34.4 Å². The molecule has 0 bridgehead atoms. The number of rotatable bonds is 6. The average molecular weight is 356 g/mol. The molecule has 0 fully saturated rings. The zero-order valence-corrected chi connectivity index (χ0v) is 14.2. The molecule has 2 rings (SSSR count). The number of benzene rings is 1. The lowest BCUT2D eigenvalue weighted by molar-refractivity contribution is 0.415. The number of ether oxygens (including phenoxy) is 1. The molecule has 3 nitrogen and oxygen atoms in total. The molecule has 20 heavy (non-hydrogen) atoms. The van der Waals surface area contributed by atoms with Gasteiger partial charge in [-0.3, -0.25) is 0 Å². The van der Waals surface area contributed by atoms with Gasteiger partial charge in [-0.25, -0.2) is 0 Å². The Morgan fingerprint density at radius 2 is 2.05 bits per heavy atom. The van der Waals surface area contributed by atoms with Crippen molar-refractivity contribution in [2.45, 2.75) is 19.2 Å². The molecule has 0 aliphatic carbocycles. The van der Waals surface area contributed by atoms with Crippen LogP contribution >= 0.6 is 27.7 Å². The van der Waals surface area contributed by atoms with E-state index >= 15 is 0 Å². The van der Waals surface area contributed by atoms with Gasteiger partial charge in [0, 0.05) is 4.47 Å². The molecule has 0 amide bonds. The lowest BCUT2D eigenvalue weighted by atomic mass is 10.2. The van der Waals surface area contributed by atoms with Crippen molar-refractivity contribution in [3.8, 4) is 5.75 Å². The van der Waals surface area contributed by atoms with Crippen LogP contribution in [-0.4, -0.2) is 13.4 Å². The van der Waals surface area contributed by atoms with Crippen molar-refractivity contribution in [3.63, 3.8) is 0 Å². The summed E-state index contributed by atoms with van der Waals surface area (Å²) in [6.07, 6.45) is 2.07. The van der Waals surface area contributed by atoms with Crippen molar-refractivity contribution in [3.05, 3.63) is 45.8 Å². The summed E-state index contributed by atoms with van der Waals surface area (Å²) in [6, 6.07) is 8.06. The van der Waals surface area contributed by atoms with Crippen molar-refractivity contribution in [1.29, 1.82) is 0 Å². The average Bonchev–Trinajstić information content (AvgIpc) is 2.85. The third kappa shape index (κ3) is 3.73. The van der Waals surface area contributed by atoms with Crippen LogP contribution in [0, 0.1) is 6.92 Å². The highest BCUT2D eigenvalue weighted by molar-refractivity contribution is 9.10. The van der Waals surface area contributed by atoms with E-state index < -0.39 is 0 Å². The van der Waals surface area contributed by atoms with Gasteiger partial charge in [0.2, 0.25) is 0 Å². The van der Waals surface area contributed by atoms with Crippen LogP contribution in [0.1, 0.15) is 17.1 Å². The third-order valence-corrected chi connectivity index (χ3v) is 3.96. The van der Waals surface area contributed by atoms with E-state index in [0.29, 0.717) is 6.54 Å². The second-order valence-electron chi connectivity index (χ2n) is 4.45. The van der Waals surface area contributed by atoms with E-state index in [0.717, 1.165) is 38.7 Å². The maximum absolute atomic E-state index is 5.75. The molecule has 1 aromatic heterocycles. The van der Waals surface area contributed by atoms with Gasteiger partial charge in [0.1, 0.15) is 17.3 Å². The predicted octanol–water partition coefficient (Wildman–Crippen LogP) is 4.83. The molecular formula is C15H18BrNO2S. The van der Waals surface area contributed by atoms with Gasteiger partial charge in [-0.2, -0.15) is 11.8 Å². The number of methoxy groups -OCH3 is 1. The quantitative estimate of drug-likeness (QED) is 0.804. The van der Waals surface area contributed by atoms with Crippen molar-refractivity contribution >= 4 is 33.4 Å². The van der Waals surface area contributed by atoms with Crippen LogP contribution in [-0.2, 0) is 12.3 Å². The van der Waals surface area contributed by atoms with E-state index in [1.165, 1.54) is 0 Å². The number of hydrogen-bond donors (Lipinski definition) is 1. The molecule has 108 valence electrons. The fourth-order valence-electron chi connectivity index (χ4n) is 2.01. The summed E-state index contributed by atoms with van der Waals surface area (Å²) in [4.78, 5) is 0. The van der Waals surface area contributed by atoms with Crippen LogP contribution in [0.25, 0.3) is 0 Å². The minimum Gasteiger partial charge on any atom is -0.495 e. The predicted molar refractivity (Wildman–Crippen MR) is 88.7 cm³/mol. The number of nitrogens with one attached hydrogen (secondary N) is 1. The highest BCUT2D eigenvalue weighted by Crippen LogP contribution is 2.32. The molecule has 5 heteroatoms. The van der Waals surface area contributed by atoms with Crippen molar-refractivity contribution in [1.82, 2.24) is 0 Å². The van der Waals surface area contributed by atoms with Crippen molar-refractivity contribution in [2.24, 2.45) is 0 Å². The summed E-state index contributed by atoms with van der Waals surface area (Å²) in [6.45, 7) is 2.70. The standard InChI is InChI=1S/C15H18BrNO2S/c1-10-6-11(16)7-14(18-2)15(10)17-8-12-4-5-13(19-12)9-20-3/h4-7,17H,8-9H2,1-3H3. The van der Waals surface area contributed by atoms with E-state index in [-0.39, 0.29) is 0 Å². The van der Waals surface area contributed by atoms with E-state index in [4.69, 9.17) is 9.15 Å². The first-order valence-corrected chi connectivity index (χ1v) is 8.47. The Hall–Kier alpha value is -1.07. The Bertz CT molecular complexity index is 583. The summed E-state index contributed by atoms with van der Waals surface area (Å²) < 4.78 is 12.2. The number of furan rings is 1. The summed E-state index contributed by atoms with van der Waals surface area (Å²) in [5.74, 6) is 3.67. The third-order valence-electron chi connectivity index (χ3n) is 2.93. The van der Waals surface area contributed by atoms with E-state index in [1.54, 1.807) is 18.9 Å². The number of anilines is 1. The van der Waals surface area contributed by atoms with Crippen LogP contribution in [0.15, 0.2) is 33.2 Å². The number of aryl methyl sites for hydroxylation is 1. The Labute approximate surface area is 132 Å². The first-order valence-electron chi connectivity index (χ1n) is 6.28. The molecule has 0 saturated carbocycles. The van der Waals surface area contributed by atoms with Crippen LogP contribution < -0.4 is 10.1 Å². The maximum atomic E-state index is 5.75. The lowest BCUT2D eigenvalue weighted by Crippen LogP contribution is -2.02.